The highest BCUT2D eigenvalue weighted by atomic mass is 35.5. The smallest absolute Gasteiger partial charge is 0.227 e. The second kappa shape index (κ2) is 15.7. The average Bonchev–Trinajstić information content (AvgIpc) is 2.99. The quantitative estimate of drug-likeness (QED) is 0.222. The predicted molar refractivity (Wildman–Crippen MR) is 181 cm³/mol. The number of piperidine rings is 2. The Bertz CT molecular complexity index is 1330. The van der Waals surface area contributed by atoms with E-state index in [1.54, 1.807) is 0 Å². The van der Waals surface area contributed by atoms with Gasteiger partial charge in [-0.15, -0.1) is 12.4 Å². The van der Waals surface area contributed by atoms with Gasteiger partial charge in [0.15, 0.2) is 0 Å². The molecular weight excluding hydrogens is 599 g/mol. The Hall–Kier alpha value is -2.24. The monoisotopic (exact) mass is 642 g/mol. The minimum absolute atomic E-state index is 0. The standard InChI is InChI=1S/C36H44Cl2N2O2.ClH/c1-27(2)42-32-11-6-10-30(23-32)24-35(41)40-18-7-16-36(26-40,31-12-13-33(37)34(38)25-31)17-21-39-19-14-29(15-20-39)22-28-8-4-3-5-9-28;/h3-6,8-13,23,25,27,29H,7,14-22,24,26H2,1-2H3;1H. The summed E-state index contributed by atoms with van der Waals surface area (Å²) < 4.78 is 5.87. The summed E-state index contributed by atoms with van der Waals surface area (Å²) in [4.78, 5) is 18.4. The number of benzene rings is 3. The molecule has 2 saturated heterocycles. The third-order valence-corrected chi connectivity index (χ3v) is 9.81. The lowest BCUT2D eigenvalue weighted by molar-refractivity contribution is -0.132. The van der Waals surface area contributed by atoms with E-state index in [0.29, 0.717) is 23.0 Å². The molecule has 2 heterocycles. The molecule has 2 aliphatic rings. The number of amides is 1. The number of likely N-dealkylation sites (tertiary alicyclic amines) is 2. The van der Waals surface area contributed by atoms with Gasteiger partial charge in [-0.3, -0.25) is 4.79 Å². The first-order chi connectivity index (χ1) is 20.3. The topological polar surface area (TPSA) is 32.8 Å². The number of nitrogens with zero attached hydrogens (tertiary/aromatic N) is 2. The molecule has 2 fully saturated rings. The molecule has 4 nitrogen and oxygen atoms in total. The van der Waals surface area contributed by atoms with Crippen LogP contribution in [0, 0.1) is 5.92 Å². The van der Waals surface area contributed by atoms with E-state index in [4.69, 9.17) is 27.9 Å². The Balaban J connectivity index is 0.00000423. The van der Waals surface area contributed by atoms with Crippen LogP contribution in [0.1, 0.15) is 62.6 Å². The summed E-state index contributed by atoms with van der Waals surface area (Å²) in [5.41, 5.74) is 3.48. The van der Waals surface area contributed by atoms with Crippen LogP contribution < -0.4 is 4.74 Å². The van der Waals surface area contributed by atoms with Crippen molar-refractivity contribution in [3.05, 3.63) is 99.5 Å². The number of carbonyl (C=O) groups excluding carboxylic acids is 1. The summed E-state index contributed by atoms with van der Waals surface area (Å²) in [6.45, 7) is 8.81. The third-order valence-electron chi connectivity index (χ3n) is 9.07. The van der Waals surface area contributed by atoms with Crippen molar-refractivity contribution in [3.63, 3.8) is 0 Å². The Morgan fingerprint density at radius 3 is 2.40 bits per heavy atom. The van der Waals surface area contributed by atoms with Gasteiger partial charge in [0.2, 0.25) is 5.91 Å². The van der Waals surface area contributed by atoms with Gasteiger partial charge < -0.3 is 14.5 Å². The number of hydrogen-bond acceptors (Lipinski definition) is 3. The predicted octanol–water partition coefficient (Wildman–Crippen LogP) is 8.65. The molecule has 1 unspecified atom stereocenters. The zero-order valence-corrected chi connectivity index (χ0v) is 27.8. The molecule has 232 valence electrons. The molecule has 0 saturated carbocycles. The van der Waals surface area contributed by atoms with E-state index in [2.05, 4.69) is 46.2 Å². The lowest BCUT2D eigenvalue weighted by atomic mass is 9.71. The molecule has 0 radical (unpaired) electrons. The molecule has 5 rings (SSSR count). The normalized spacial score (nSPS) is 19.7. The molecular formula is C36H45Cl3N2O2. The van der Waals surface area contributed by atoms with Gasteiger partial charge in [-0.1, -0.05) is 71.7 Å². The van der Waals surface area contributed by atoms with Crippen LogP contribution in [-0.4, -0.2) is 54.5 Å². The highest BCUT2D eigenvalue weighted by molar-refractivity contribution is 6.42. The summed E-state index contributed by atoms with van der Waals surface area (Å²) in [7, 11) is 0. The minimum atomic E-state index is -0.147. The van der Waals surface area contributed by atoms with Gasteiger partial charge in [0.25, 0.3) is 0 Å². The highest BCUT2D eigenvalue weighted by Gasteiger charge is 2.39. The molecule has 2 aliphatic heterocycles. The summed E-state index contributed by atoms with van der Waals surface area (Å²) >= 11 is 12.9. The van der Waals surface area contributed by atoms with Crippen molar-refractivity contribution in [3.8, 4) is 5.75 Å². The van der Waals surface area contributed by atoms with Crippen molar-refractivity contribution in [2.45, 2.75) is 70.3 Å². The largest absolute Gasteiger partial charge is 0.491 e. The zero-order chi connectivity index (χ0) is 29.5. The molecule has 0 N–H and O–H groups in total. The number of carbonyl (C=O) groups is 1. The van der Waals surface area contributed by atoms with Crippen LogP contribution in [0.25, 0.3) is 0 Å². The van der Waals surface area contributed by atoms with Crippen LogP contribution in [0.4, 0.5) is 0 Å². The number of halogens is 3. The van der Waals surface area contributed by atoms with E-state index >= 15 is 0 Å². The van der Waals surface area contributed by atoms with Crippen molar-refractivity contribution < 1.29 is 9.53 Å². The number of rotatable bonds is 10. The molecule has 3 aromatic carbocycles. The molecule has 3 aromatic rings. The SMILES string of the molecule is CC(C)Oc1cccc(CC(=O)N2CCCC(CCN3CCC(Cc4ccccc4)CC3)(c3ccc(Cl)c(Cl)c3)C2)c1.Cl. The lowest BCUT2D eigenvalue weighted by Crippen LogP contribution is -2.50. The van der Waals surface area contributed by atoms with Gasteiger partial charge in [-0.05, 0) is 119 Å². The number of ether oxygens (including phenoxy) is 1. The fraction of sp³-hybridized carbons (Fsp3) is 0.472. The Morgan fingerprint density at radius 2 is 1.67 bits per heavy atom. The lowest BCUT2D eigenvalue weighted by Gasteiger charge is -2.45. The van der Waals surface area contributed by atoms with Gasteiger partial charge in [-0.2, -0.15) is 0 Å². The van der Waals surface area contributed by atoms with E-state index in [1.165, 1.54) is 30.4 Å². The first-order valence-corrected chi connectivity index (χ1v) is 16.3. The minimum Gasteiger partial charge on any atom is -0.491 e. The van der Waals surface area contributed by atoms with Gasteiger partial charge >= 0.3 is 0 Å². The van der Waals surface area contributed by atoms with Crippen LogP contribution in [0.5, 0.6) is 5.75 Å². The molecule has 1 amide bonds. The fourth-order valence-electron chi connectivity index (χ4n) is 6.78. The second-order valence-electron chi connectivity index (χ2n) is 12.5. The van der Waals surface area contributed by atoms with Crippen LogP contribution in [-0.2, 0) is 23.1 Å². The van der Waals surface area contributed by atoms with Crippen molar-refractivity contribution in [1.29, 1.82) is 0 Å². The molecule has 0 bridgehead atoms. The molecule has 0 spiro atoms. The van der Waals surface area contributed by atoms with Crippen molar-refractivity contribution in [2.75, 3.05) is 32.7 Å². The van der Waals surface area contributed by atoms with Crippen molar-refractivity contribution >= 4 is 41.5 Å². The summed E-state index contributed by atoms with van der Waals surface area (Å²) in [6, 6.07) is 24.9. The zero-order valence-electron chi connectivity index (χ0n) is 25.4. The molecule has 43 heavy (non-hydrogen) atoms. The van der Waals surface area contributed by atoms with Crippen molar-refractivity contribution in [1.82, 2.24) is 9.80 Å². The summed E-state index contributed by atoms with van der Waals surface area (Å²) in [6.07, 6.45) is 7.12. The average molecular weight is 644 g/mol. The van der Waals surface area contributed by atoms with Gasteiger partial charge in [-0.25, -0.2) is 0 Å². The maximum Gasteiger partial charge on any atom is 0.227 e. The van der Waals surface area contributed by atoms with E-state index in [0.717, 1.165) is 62.7 Å². The Labute approximate surface area is 274 Å². The van der Waals surface area contributed by atoms with Gasteiger partial charge in [0.05, 0.1) is 22.6 Å². The number of hydrogen-bond donors (Lipinski definition) is 0. The van der Waals surface area contributed by atoms with Crippen LogP contribution in [0.2, 0.25) is 10.0 Å². The van der Waals surface area contributed by atoms with E-state index < -0.39 is 0 Å². The molecule has 1 atom stereocenters. The van der Waals surface area contributed by atoms with E-state index in [1.807, 2.05) is 50.2 Å². The van der Waals surface area contributed by atoms with Crippen LogP contribution in [0.3, 0.4) is 0 Å². The van der Waals surface area contributed by atoms with Crippen molar-refractivity contribution in [2.24, 2.45) is 5.92 Å². The van der Waals surface area contributed by atoms with E-state index in [9.17, 15) is 4.79 Å². The maximum atomic E-state index is 13.7. The van der Waals surface area contributed by atoms with Crippen LogP contribution >= 0.6 is 35.6 Å². The Kier molecular flexibility index (Phi) is 12.3. The second-order valence-corrected chi connectivity index (χ2v) is 13.4. The van der Waals surface area contributed by atoms with E-state index in [-0.39, 0.29) is 29.8 Å². The molecule has 0 aromatic heterocycles. The Morgan fingerprint density at radius 1 is 0.930 bits per heavy atom. The first kappa shape index (κ1) is 33.6. The third kappa shape index (κ3) is 9.14. The first-order valence-electron chi connectivity index (χ1n) is 15.5. The fourth-order valence-corrected chi connectivity index (χ4v) is 7.07. The molecule has 7 heteroatoms. The summed E-state index contributed by atoms with van der Waals surface area (Å²) in [5, 5.41) is 1.16. The molecule has 0 aliphatic carbocycles. The highest BCUT2D eigenvalue weighted by Crippen LogP contribution is 2.40. The van der Waals surface area contributed by atoms with Crippen LogP contribution in [0.15, 0.2) is 72.8 Å². The van der Waals surface area contributed by atoms with Gasteiger partial charge in [0, 0.05) is 18.5 Å². The van der Waals surface area contributed by atoms with Gasteiger partial charge in [0.1, 0.15) is 5.75 Å². The summed E-state index contributed by atoms with van der Waals surface area (Å²) in [5.74, 6) is 1.73. The maximum absolute atomic E-state index is 13.7.